The second-order valence-corrected chi connectivity index (χ2v) is 10.3. The second-order valence-electron chi connectivity index (χ2n) is 8.32. The maximum atomic E-state index is 13.0. The van der Waals surface area contributed by atoms with Crippen LogP contribution in [0.15, 0.2) is 41.3 Å². The van der Waals surface area contributed by atoms with E-state index in [2.05, 4.69) is 19.2 Å². The van der Waals surface area contributed by atoms with Gasteiger partial charge < -0.3 is 19.5 Å². The molecule has 1 aliphatic rings. The van der Waals surface area contributed by atoms with Crippen molar-refractivity contribution in [2.24, 2.45) is 0 Å². The number of nitrogens with zero attached hydrogens (tertiary/aromatic N) is 1. The quantitative estimate of drug-likeness (QED) is 0.626. The van der Waals surface area contributed by atoms with Crippen LogP contribution < -0.4 is 14.8 Å². The van der Waals surface area contributed by atoms with Gasteiger partial charge in [-0.05, 0) is 55.2 Å². The maximum Gasteiger partial charge on any atom is 0.265 e. The third-order valence-corrected chi connectivity index (χ3v) is 7.40. The number of benzene rings is 2. The molecule has 0 spiro atoms. The van der Waals surface area contributed by atoms with Crippen molar-refractivity contribution in [2.45, 2.75) is 44.6 Å². The molecule has 0 saturated carbocycles. The molecule has 1 amide bonds. The average Bonchev–Trinajstić information content (AvgIpc) is 2.79. The number of amides is 1. The molecule has 1 aliphatic heterocycles. The van der Waals surface area contributed by atoms with Gasteiger partial charge in [-0.1, -0.05) is 26.0 Å². The largest absolute Gasteiger partial charge is 0.495 e. The summed E-state index contributed by atoms with van der Waals surface area (Å²) in [5.74, 6) is 0.835. The molecule has 33 heavy (non-hydrogen) atoms. The fourth-order valence-electron chi connectivity index (χ4n) is 3.58. The van der Waals surface area contributed by atoms with Crippen LogP contribution in [0.4, 0.5) is 5.69 Å². The summed E-state index contributed by atoms with van der Waals surface area (Å²) in [6.07, 6.45) is -0.812. The molecular weight excluding hydrogens is 444 g/mol. The van der Waals surface area contributed by atoms with Gasteiger partial charge in [0, 0.05) is 13.1 Å². The van der Waals surface area contributed by atoms with Gasteiger partial charge >= 0.3 is 0 Å². The molecule has 0 aliphatic carbocycles. The summed E-state index contributed by atoms with van der Waals surface area (Å²) < 4.78 is 44.0. The molecule has 2 aromatic carbocycles. The minimum Gasteiger partial charge on any atom is -0.495 e. The fourth-order valence-corrected chi connectivity index (χ4v) is 5.01. The van der Waals surface area contributed by atoms with Gasteiger partial charge in [-0.2, -0.15) is 4.31 Å². The smallest absolute Gasteiger partial charge is 0.265 e. The molecule has 1 fully saturated rings. The lowest BCUT2D eigenvalue weighted by atomic mass is 10.0. The zero-order valence-corrected chi connectivity index (χ0v) is 20.6. The molecule has 3 rings (SSSR count). The molecular formula is C24H32N2O6S. The molecule has 0 bridgehead atoms. The third-order valence-electron chi connectivity index (χ3n) is 5.50. The summed E-state index contributed by atoms with van der Waals surface area (Å²) in [6.45, 7) is 9.03. The number of hydrogen-bond donors (Lipinski definition) is 1. The summed E-state index contributed by atoms with van der Waals surface area (Å²) >= 11 is 0. The lowest BCUT2D eigenvalue weighted by Crippen LogP contribution is -2.40. The van der Waals surface area contributed by atoms with E-state index in [1.165, 1.54) is 29.6 Å². The average molecular weight is 477 g/mol. The van der Waals surface area contributed by atoms with Crippen molar-refractivity contribution >= 4 is 21.6 Å². The van der Waals surface area contributed by atoms with Gasteiger partial charge in [0.2, 0.25) is 10.0 Å². The standard InChI is InChI=1S/C24H32N2O6S/c1-16(2)20-8-6-17(3)14-23(20)32-18(4)24(27)25-21-15-19(7-9-22(21)30-5)33(28,29)26-10-12-31-13-11-26/h6-9,14-16,18H,10-13H2,1-5H3,(H,25,27)/t18-/m1/s1. The van der Waals surface area contributed by atoms with Gasteiger partial charge in [0.05, 0.1) is 30.9 Å². The van der Waals surface area contributed by atoms with E-state index < -0.39 is 22.0 Å². The number of hydrogen-bond acceptors (Lipinski definition) is 6. The van der Waals surface area contributed by atoms with Gasteiger partial charge in [0.25, 0.3) is 5.91 Å². The SMILES string of the molecule is COc1ccc(S(=O)(=O)N2CCOCC2)cc1NC(=O)[C@@H](C)Oc1cc(C)ccc1C(C)C. The minimum atomic E-state index is -3.72. The van der Waals surface area contributed by atoms with Crippen molar-refractivity contribution in [3.05, 3.63) is 47.5 Å². The first kappa shape index (κ1) is 25.0. The number of aryl methyl sites for hydroxylation is 1. The van der Waals surface area contributed by atoms with E-state index in [1.54, 1.807) is 6.92 Å². The molecule has 0 unspecified atom stereocenters. The lowest BCUT2D eigenvalue weighted by molar-refractivity contribution is -0.122. The Morgan fingerprint density at radius 1 is 1.06 bits per heavy atom. The molecule has 9 heteroatoms. The predicted molar refractivity (Wildman–Crippen MR) is 127 cm³/mol. The Morgan fingerprint density at radius 3 is 2.39 bits per heavy atom. The first-order valence-corrected chi connectivity index (χ1v) is 12.4. The Hall–Kier alpha value is -2.62. The van der Waals surface area contributed by atoms with Crippen LogP contribution in [0.1, 0.15) is 37.8 Å². The van der Waals surface area contributed by atoms with Gasteiger partial charge in [-0.15, -0.1) is 0 Å². The van der Waals surface area contributed by atoms with Crippen molar-refractivity contribution in [2.75, 3.05) is 38.7 Å². The Bertz CT molecular complexity index is 1090. The Balaban J connectivity index is 1.81. The molecule has 1 heterocycles. The zero-order chi connectivity index (χ0) is 24.2. The number of sulfonamides is 1. The summed E-state index contributed by atoms with van der Waals surface area (Å²) in [6, 6.07) is 10.4. The molecule has 1 N–H and O–H groups in total. The molecule has 2 aromatic rings. The van der Waals surface area contributed by atoms with E-state index in [1.807, 2.05) is 25.1 Å². The Kier molecular flexibility index (Phi) is 7.99. The summed E-state index contributed by atoms with van der Waals surface area (Å²) in [4.78, 5) is 13.0. The first-order valence-electron chi connectivity index (χ1n) is 11.0. The number of morpholine rings is 1. The molecule has 8 nitrogen and oxygen atoms in total. The van der Waals surface area contributed by atoms with Crippen molar-refractivity contribution in [3.8, 4) is 11.5 Å². The zero-order valence-electron chi connectivity index (χ0n) is 19.8. The lowest BCUT2D eigenvalue weighted by Gasteiger charge is -2.26. The van der Waals surface area contributed by atoms with Gasteiger partial charge in [0.15, 0.2) is 6.10 Å². The monoisotopic (exact) mass is 476 g/mol. The van der Waals surface area contributed by atoms with E-state index in [0.29, 0.717) is 24.7 Å². The van der Waals surface area contributed by atoms with Gasteiger partial charge in [-0.3, -0.25) is 4.79 Å². The van der Waals surface area contributed by atoms with E-state index >= 15 is 0 Å². The molecule has 1 atom stereocenters. The predicted octanol–water partition coefficient (Wildman–Crippen LogP) is 3.55. The number of anilines is 1. The Morgan fingerprint density at radius 2 is 1.76 bits per heavy atom. The van der Waals surface area contributed by atoms with Crippen LogP contribution in [0.3, 0.4) is 0 Å². The van der Waals surface area contributed by atoms with Crippen molar-refractivity contribution < 1.29 is 27.4 Å². The molecule has 0 aromatic heterocycles. The normalized spacial score (nSPS) is 15.8. The number of rotatable bonds is 8. The van der Waals surface area contributed by atoms with Crippen molar-refractivity contribution in [1.29, 1.82) is 0 Å². The highest BCUT2D eigenvalue weighted by atomic mass is 32.2. The Labute approximate surface area is 195 Å². The highest BCUT2D eigenvalue weighted by Gasteiger charge is 2.28. The van der Waals surface area contributed by atoms with E-state index in [0.717, 1.165) is 11.1 Å². The highest BCUT2D eigenvalue weighted by Crippen LogP contribution is 2.31. The van der Waals surface area contributed by atoms with Crippen LogP contribution in [0.25, 0.3) is 0 Å². The number of carbonyl (C=O) groups is 1. The number of methoxy groups -OCH3 is 1. The van der Waals surface area contributed by atoms with Crippen molar-refractivity contribution in [1.82, 2.24) is 4.31 Å². The fraction of sp³-hybridized carbons (Fsp3) is 0.458. The van der Waals surface area contributed by atoms with Crippen LogP contribution in [0.2, 0.25) is 0 Å². The molecule has 180 valence electrons. The number of ether oxygens (including phenoxy) is 3. The van der Waals surface area contributed by atoms with Crippen LogP contribution in [0.5, 0.6) is 11.5 Å². The summed E-state index contributed by atoms with van der Waals surface area (Å²) in [5.41, 5.74) is 2.31. The summed E-state index contributed by atoms with van der Waals surface area (Å²) in [7, 11) is -2.26. The maximum absolute atomic E-state index is 13.0. The summed E-state index contributed by atoms with van der Waals surface area (Å²) in [5, 5.41) is 2.76. The van der Waals surface area contributed by atoms with Gasteiger partial charge in [-0.25, -0.2) is 8.42 Å². The van der Waals surface area contributed by atoms with E-state index in [4.69, 9.17) is 14.2 Å². The highest BCUT2D eigenvalue weighted by molar-refractivity contribution is 7.89. The van der Waals surface area contributed by atoms with Crippen LogP contribution in [-0.4, -0.2) is 58.1 Å². The van der Waals surface area contributed by atoms with Crippen LogP contribution in [0, 0.1) is 6.92 Å². The first-order chi connectivity index (χ1) is 15.6. The minimum absolute atomic E-state index is 0.0786. The van der Waals surface area contributed by atoms with E-state index in [-0.39, 0.29) is 29.6 Å². The van der Waals surface area contributed by atoms with Gasteiger partial charge in [0.1, 0.15) is 11.5 Å². The topological polar surface area (TPSA) is 94.2 Å². The number of nitrogens with one attached hydrogen (secondary N) is 1. The second kappa shape index (κ2) is 10.5. The molecule has 0 radical (unpaired) electrons. The number of carbonyl (C=O) groups excluding carboxylic acids is 1. The van der Waals surface area contributed by atoms with Crippen LogP contribution >= 0.6 is 0 Å². The van der Waals surface area contributed by atoms with E-state index in [9.17, 15) is 13.2 Å². The van der Waals surface area contributed by atoms with Crippen molar-refractivity contribution in [3.63, 3.8) is 0 Å². The van der Waals surface area contributed by atoms with Crippen LogP contribution in [-0.2, 0) is 19.6 Å². The molecule has 1 saturated heterocycles. The third kappa shape index (κ3) is 5.85.